The molecule has 0 aliphatic heterocycles. The van der Waals surface area contributed by atoms with Gasteiger partial charge in [-0.2, -0.15) is 4.73 Å². The molecule has 0 spiro atoms. The number of carbonyl (C=O) groups excluding carboxylic acids is 1. The highest BCUT2D eigenvalue weighted by Crippen LogP contribution is 2.52. The van der Waals surface area contributed by atoms with Gasteiger partial charge < -0.3 is 9.57 Å². The molecule has 0 bridgehead atoms. The number of aromatic nitrogens is 1. The van der Waals surface area contributed by atoms with Gasteiger partial charge in [-0.15, -0.1) is 0 Å². The van der Waals surface area contributed by atoms with Gasteiger partial charge in [0.1, 0.15) is 10.7 Å². The molecule has 3 aromatic rings. The number of nitrogens with zero attached hydrogens (tertiary/aromatic N) is 1. The molecule has 2 unspecified atom stereocenters. The van der Waals surface area contributed by atoms with Gasteiger partial charge in [0.15, 0.2) is 5.60 Å². The highest BCUT2D eigenvalue weighted by Gasteiger charge is 2.48. The van der Waals surface area contributed by atoms with E-state index < -0.39 is 25.5 Å². The molecule has 0 aliphatic rings. The number of hydrogen-bond acceptors (Lipinski definition) is 8. The maximum Gasteiger partial charge on any atom is 0.475 e. The summed E-state index contributed by atoms with van der Waals surface area (Å²) in [7, 11) is -2.64. The number of phosphoric acid groups is 1. The molecule has 2 atom stereocenters. The lowest BCUT2D eigenvalue weighted by Gasteiger charge is -2.35. The maximum atomic E-state index is 13.5. The van der Waals surface area contributed by atoms with E-state index in [2.05, 4.69) is 30.3 Å². The number of methoxy groups -OCH3 is 1. The minimum Gasteiger partial charge on any atom is -0.364 e. The Morgan fingerprint density at radius 2 is 1.51 bits per heavy atom. The normalized spacial score (nSPS) is 13.7. The molecule has 0 fully saturated rings. The average Bonchev–Trinajstić information content (AvgIpc) is 2.98. The van der Waals surface area contributed by atoms with Gasteiger partial charge in [-0.3, -0.25) is 13.6 Å². The summed E-state index contributed by atoms with van der Waals surface area (Å²) >= 11 is 5.27. The molecule has 220 valence electrons. The lowest BCUT2D eigenvalue weighted by atomic mass is 9.93. The standard InChI is InChI=1S/C31H38NO7PS/c1-5-36-40(34,37-6-2)39-28(31(3,35-4)30(33)38-32-24-16-15-23-29(32)41)22-14-13-21-27(25-17-9-7-10-18-25)26-19-11-8-12-20-26/h7-12,15-21,23-24,28H,5-6,13-14,22H2,1-4H3. The number of ether oxygens (including phenoxy) is 1. The van der Waals surface area contributed by atoms with Gasteiger partial charge in [0.05, 0.1) is 13.2 Å². The first-order valence-corrected chi connectivity index (χ1v) is 15.5. The third-order valence-electron chi connectivity index (χ3n) is 6.43. The van der Waals surface area contributed by atoms with E-state index in [1.54, 1.807) is 32.0 Å². The molecule has 10 heteroatoms. The molecule has 3 rings (SSSR count). The predicted molar refractivity (Wildman–Crippen MR) is 162 cm³/mol. The third kappa shape index (κ3) is 9.04. The number of benzene rings is 2. The van der Waals surface area contributed by atoms with Crippen molar-refractivity contribution < 1.29 is 32.5 Å². The summed E-state index contributed by atoms with van der Waals surface area (Å²) in [4.78, 5) is 19.1. The minimum absolute atomic E-state index is 0.0948. The molecule has 8 nitrogen and oxygen atoms in total. The highest BCUT2D eigenvalue weighted by atomic mass is 32.1. The van der Waals surface area contributed by atoms with Crippen molar-refractivity contribution in [3.05, 3.63) is 107 Å². The number of rotatable bonds is 16. The largest absolute Gasteiger partial charge is 0.475 e. The first-order valence-electron chi connectivity index (χ1n) is 13.6. The van der Waals surface area contributed by atoms with Crippen molar-refractivity contribution in [1.29, 1.82) is 0 Å². The fourth-order valence-corrected chi connectivity index (χ4v) is 5.82. The Balaban J connectivity index is 1.89. The van der Waals surface area contributed by atoms with E-state index in [1.165, 1.54) is 25.0 Å². The second kappa shape index (κ2) is 15.9. The van der Waals surface area contributed by atoms with Gasteiger partial charge in [0.25, 0.3) is 0 Å². The number of phosphoric ester groups is 1. The van der Waals surface area contributed by atoms with E-state index in [-0.39, 0.29) is 19.6 Å². The minimum atomic E-state index is -4.01. The second-order valence-electron chi connectivity index (χ2n) is 9.21. The average molecular weight is 600 g/mol. The lowest BCUT2D eigenvalue weighted by Crippen LogP contribution is -2.53. The molecule has 0 saturated carbocycles. The number of pyridine rings is 1. The van der Waals surface area contributed by atoms with Gasteiger partial charge in [-0.1, -0.05) is 85.0 Å². The van der Waals surface area contributed by atoms with Crippen molar-refractivity contribution in [1.82, 2.24) is 4.73 Å². The van der Waals surface area contributed by atoms with Crippen molar-refractivity contribution in [2.75, 3.05) is 20.3 Å². The van der Waals surface area contributed by atoms with Crippen LogP contribution in [0.3, 0.4) is 0 Å². The molecule has 1 aromatic heterocycles. The Morgan fingerprint density at radius 1 is 0.951 bits per heavy atom. The SMILES string of the molecule is CCOP(=O)(OCC)OC(CCCC=C(c1ccccc1)c1ccccc1)C(C)(OC)C(=O)On1ccccc1=S. The molecule has 41 heavy (non-hydrogen) atoms. The van der Waals surface area contributed by atoms with Crippen LogP contribution in [0, 0.1) is 4.64 Å². The topological polar surface area (TPSA) is 85.2 Å². The molecule has 0 saturated heterocycles. The first-order chi connectivity index (χ1) is 19.8. The van der Waals surface area contributed by atoms with Crippen molar-refractivity contribution >= 4 is 31.6 Å². The smallest absolute Gasteiger partial charge is 0.364 e. The number of unbranched alkanes of at least 4 members (excludes halogenated alkanes) is 1. The summed E-state index contributed by atoms with van der Waals surface area (Å²) in [6.45, 7) is 5.09. The second-order valence-corrected chi connectivity index (χ2v) is 11.3. The van der Waals surface area contributed by atoms with Gasteiger partial charge >= 0.3 is 13.8 Å². The Labute approximate surface area is 247 Å². The molecular formula is C31H38NO7PS. The molecular weight excluding hydrogens is 561 g/mol. The van der Waals surface area contributed by atoms with E-state index in [9.17, 15) is 9.36 Å². The maximum absolute atomic E-state index is 13.5. The van der Waals surface area contributed by atoms with Crippen LogP contribution in [0.1, 0.15) is 51.2 Å². The molecule has 1 heterocycles. The summed E-state index contributed by atoms with van der Waals surface area (Å²) in [5.74, 6) is -0.767. The zero-order valence-corrected chi connectivity index (χ0v) is 25.6. The van der Waals surface area contributed by atoms with Crippen LogP contribution >= 0.6 is 20.0 Å². The summed E-state index contributed by atoms with van der Waals surface area (Å²) in [6.07, 6.45) is 4.15. The van der Waals surface area contributed by atoms with Gasteiger partial charge in [-0.25, -0.2) is 9.36 Å². The van der Waals surface area contributed by atoms with Gasteiger partial charge in [-0.05, 0) is 68.9 Å². The Kier molecular flexibility index (Phi) is 12.7. The van der Waals surface area contributed by atoms with E-state index in [0.29, 0.717) is 17.5 Å². The van der Waals surface area contributed by atoms with Crippen LogP contribution in [-0.2, 0) is 27.7 Å². The van der Waals surface area contributed by atoms with Crippen molar-refractivity contribution in [3.63, 3.8) is 0 Å². The summed E-state index contributed by atoms with van der Waals surface area (Å²) in [6, 6.07) is 25.3. The van der Waals surface area contributed by atoms with Crippen LogP contribution in [0.5, 0.6) is 0 Å². The lowest BCUT2D eigenvalue weighted by molar-refractivity contribution is -0.181. The quantitative estimate of drug-likeness (QED) is 0.0954. The fraction of sp³-hybridized carbons (Fsp3) is 0.355. The predicted octanol–water partition coefficient (Wildman–Crippen LogP) is 7.45. The van der Waals surface area contributed by atoms with Crippen LogP contribution in [0.4, 0.5) is 0 Å². The number of allylic oxidation sites excluding steroid dienone is 1. The third-order valence-corrected chi connectivity index (χ3v) is 8.41. The fourth-order valence-electron chi connectivity index (χ4n) is 4.20. The Hall–Kier alpha value is -2.91. The van der Waals surface area contributed by atoms with E-state index in [1.807, 2.05) is 36.4 Å². The van der Waals surface area contributed by atoms with Crippen molar-refractivity contribution in [2.45, 2.75) is 51.7 Å². The van der Waals surface area contributed by atoms with E-state index in [4.69, 9.17) is 35.4 Å². The molecule has 0 aliphatic carbocycles. The zero-order chi connectivity index (χ0) is 29.7. The van der Waals surface area contributed by atoms with Crippen LogP contribution in [0.25, 0.3) is 5.57 Å². The van der Waals surface area contributed by atoms with E-state index in [0.717, 1.165) is 16.7 Å². The van der Waals surface area contributed by atoms with Crippen molar-refractivity contribution in [3.8, 4) is 0 Å². The van der Waals surface area contributed by atoms with Crippen LogP contribution in [0.2, 0.25) is 0 Å². The Bertz CT molecular complexity index is 1330. The Morgan fingerprint density at radius 3 is 2.02 bits per heavy atom. The van der Waals surface area contributed by atoms with Crippen LogP contribution < -0.4 is 4.84 Å². The van der Waals surface area contributed by atoms with E-state index >= 15 is 0 Å². The summed E-state index contributed by atoms with van der Waals surface area (Å²) in [5, 5.41) is 0. The number of hydrogen-bond donors (Lipinski definition) is 0. The zero-order valence-electron chi connectivity index (χ0n) is 23.9. The summed E-state index contributed by atoms with van der Waals surface area (Å²) < 4.78 is 37.3. The number of carbonyl (C=O) groups is 1. The van der Waals surface area contributed by atoms with Crippen LogP contribution in [-0.4, -0.2) is 42.7 Å². The summed E-state index contributed by atoms with van der Waals surface area (Å²) in [5.41, 5.74) is 1.60. The highest BCUT2D eigenvalue weighted by molar-refractivity contribution is 7.71. The molecule has 0 radical (unpaired) electrons. The molecule has 0 amide bonds. The van der Waals surface area contributed by atoms with Gasteiger partial charge in [0.2, 0.25) is 0 Å². The van der Waals surface area contributed by atoms with Gasteiger partial charge in [0, 0.05) is 13.3 Å². The molecule has 2 aromatic carbocycles. The monoisotopic (exact) mass is 599 g/mol. The van der Waals surface area contributed by atoms with Crippen LogP contribution in [0.15, 0.2) is 91.1 Å². The first kappa shape index (κ1) is 32.6. The molecule has 0 N–H and O–H groups in total. The van der Waals surface area contributed by atoms with Crippen molar-refractivity contribution in [2.24, 2.45) is 0 Å².